The van der Waals surface area contributed by atoms with Gasteiger partial charge in [-0.15, -0.1) is 0 Å². The topological polar surface area (TPSA) is 60.0 Å². The second-order valence-electron chi connectivity index (χ2n) is 9.50. The third-order valence-electron chi connectivity index (χ3n) is 6.59. The van der Waals surface area contributed by atoms with Gasteiger partial charge in [-0.25, -0.2) is 13.8 Å². The second-order valence-corrected chi connectivity index (χ2v) is 9.50. The number of aliphatic imine (C=N–C) groups is 1. The van der Waals surface area contributed by atoms with Crippen molar-refractivity contribution < 1.29 is 13.6 Å². The second kappa shape index (κ2) is 12.2. The molecule has 2 N–H and O–H groups in total. The van der Waals surface area contributed by atoms with E-state index >= 15 is 0 Å². The molecule has 0 radical (unpaired) electrons. The van der Waals surface area contributed by atoms with E-state index in [2.05, 4.69) is 27.4 Å². The maximum Gasteiger partial charge on any atom is 0.224 e. The van der Waals surface area contributed by atoms with E-state index in [-0.39, 0.29) is 18.7 Å². The molecule has 35 heavy (non-hydrogen) atoms. The molecule has 2 heterocycles. The Labute approximate surface area is 206 Å². The summed E-state index contributed by atoms with van der Waals surface area (Å²) < 4.78 is 26.8. The third kappa shape index (κ3) is 7.57. The van der Waals surface area contributed by atoms with Crippen molar-refractivity contribution in [2.24, 2.45) is 4.99 Å². The van der Waals surface area contributed by atoms with Crippen molar-refractivity contribution in [3.8, 4) is 0 Å². The Hall–Kier alpha value is -2.84. The van der Waals surface area contributed by atoms with E-state index < -0.39 is 11.6 Å². The van der Waals surface area contributed by atoms with Gasteiger partial charge >= 0.3 is 0 Å². The normalized spacial score (nSPS) is 19.6. The molecule has 0 unspecified atom stereocenters. The number of halogens is 2. The average molecular weight is 484 g/mol. The number of aryl methyl sites for hydroxylation is 1. The molecule has 2 aromatic carbocycles. The average Bonchev–Trinajstić information content (AvgIpc) is 2.85. The summed E-state index contributed by atoms with van der Waals surface area (Å²) in [4.78, 5) is 22.2. The van der Waals surface area contributed by atoms with Gasteiger partial charge in [0, 0.05) is 43.9 Å². The number of amidine groups is 1. The summed E-state index contributed by atoms with van der Waals surface area (Å²) in [6.45, 7) is 8.13. The molecular weight excluding hydrogens is 448 g/mol. The number of carbonyl (C=O) groups excluding carboxylic acids is 1. The predicted octanol–water partition coefficient (Wildman–Crippen LogP) is 4.35. The van der Waals surface area contributed by atoms with Crippen LogP contribution in [0.2, 0.25) is 0 Å². The van der Waals surface area contributed by atoms with Crippen molar-refractivity contribution in [1.82, 2.24) is 15.1 Å². The van der Waals surface area contributed by atoms with E-state index in [0.29, 0.717) is 17.3 Å². The van der Waals surface area contributed by atoms with E-state index in [1.807, 2.05) is 24.3 Å². The van der Waals surface area contributed by atoms with Crippen LogP contribution in [0.5, 0.6) is 0 Å². The van der Waals surface area contributed by atoms with Gasteiger partial charge in [0.05, 0.1) is 12.2 Å². The van der Waals surface area contributed by atoms with Crippen molar-refractivity contribution >= 4 is 23.1 Å². The maximum absolute atomic E-state index is 13.8. The minimum atomic E-state index is -0.626. The molecule has 1 amide bonds. The summed E-state index contributed by atoms with van der Waals surface area (Å²) in [6, 6.07) is 11.4. The number of nitrogens with zero attached hydrogens (tertiary/aromatic N) is 3. The SMILES string of the molecule is C[C@H]1CN(C(CN2CCCCC2)=Nc2ccc(NC(=O)CCc3ccc(F)cc3F)cc2)CCN1. The Balaban J connectivity index is 1.38. The molecule has 2 aliphatic rings. The molecule has 0 bridgehead atoms. The van der Waals surface area contributed by atoms with Gasteiger partial charge in [-0.1, -0.05) is 12.5 Å². The lowest BCUT2D eigenvalue weighted by Gasteiger charge is -2.37. The number of hydrogen-bond donors (Lipinski definition) is 2. The van der Waals surface area contributed by atoms with Crippen LogP contribution in [-0.2, 0) is 11.2 Å². The minimum absolute atomic E-state index is 0.115. The van der Waals surface area contributed by atoms with Crippen LogP contribution in [0.1, 0.15) is 38.2 Å². The van der Waals surface area contributed by atoms with Gasteiger partial charge in [0.2, 0.25) is 5.91 Å². The Morgan fingerprint density at radius 1 is 1.09 bits per heavy atom. The van der Waals surface area contributed by atoms with Gasteiger partial charge in [0.1, 0.15) is 17.5 Å². The van der Waals surface area contributed by atoms with Crippen molar-refractivity contribution in [2.75, 3.05) is 44.6 Å². The van der Waals surface area contributed by atoms with Crippen molar-refractivity contribution in [1.29, 1.82) is 0 Å². The van der Waals surface area contributed by atoms with E-state index in [1.54, 1.807) is 0 Å². The van der Waals surface area contributed by atoms with Crippen LogP contribution >= 0.6 is 0 Å². The van der Waals surface area contributed by atoms with Gasteiger partial charge in [-0.2, -0.15) is 0 Å². The summed E-state index contributed by atoms with van der Waals surface area (Å²) in [7, 11) is 0. The van der Waals surface area contributed by atoms with Crippen LogP contribution in [0.3, 0.4) is 0 Å². The zero-order valence-electron chi connectivity index (χ0n) is 20.4. The van der Waals surface area contributed by atoms with Crippen LogP contribution in [0.15, 0.2) is 47.5 Å². The monoisotopic (exact) mass is 483 g/mol. The fourth-order valence-electron chi connectivity index (χ4n) is 4.65. The summed E-state index contributed by atoms with van der Waals surface area (Å²) in [5.74, 6) is -0.368. The first-order valence-corrected chi connectivity index (χ1v) is 12.6. The standard InChI is InChI=1S/C27H35F2N5O/c1-20-18-34(16-13-30-20)26(19-33-14-3-2-4-15-33)31-23-8-10-24(11-9-23)32-27(35)12-6-21-5-7-22(28)17-25(21)29/h5,7-11,17,20,30H,2-4,6,12-16,18-19H2,1H3,(H,32,35)/t20-/m0/s1. The molecule has 0 saturated carbocycles. The minimum Gasteiger partial charge on any atom is -0.356 e. The van der Waals surface area contributed by atoms with Gasteiger partial charge in [-0.05, 0) is 75.2 Å². The lowest BCUT2D eigenvalue weighted by molar-refractivity contribution is -0.116. The number of rotatable bonds is 7. The predicted molar refractivity (Wildman–Crippen MR) is 136 cm³/mol. The zero-order valence-corrected chi connectivity index (χ0v) is 20.4. The van der Waals surface area contributed by atoms with Crippen LogP contribution in [0, 0.1) is 11.6 Å². The number of hydrogen-bond acceptors (Lipinski definition) is 4. The summed E-state index contributed by atoms with van der Waals surface area (Å²) in [5.41, 5.74) is 1.85. The summed E-state index contributed by atoms with van der Waals surface area (Å²) in [5, 5.41) is 6.35. The highest BCUT2D eigenvalue weighted by Crippen LogP contribution is 2.20. The number of amides is 1. The van der Waals surface area contributed by atoms with E-state index in [0.717, 1.165) is 56.9 Å². The molecule has 6 nitrogen and oxygen atoms in total. The summed E-state index contributed by atoms with van der Waals surface area (Å²) in [6.07, 6.45) is 4.12. The highest BCUT2D eigenvalue weighted by atomic mass is 19.1. The molecule has 2 fully saturated rings. The Kier molecular flexibility index (Phi) is 8.82. The van der Waals surface area contributed by atoms with Gasteiger partial charge in [0.15, 0.2) is 0 Å². The molecule has 0 aliphatic carbocycles. The first-order valence-electron chi connectivity index (χ1n) is 12.6. The number of piperidine rings is 1. The molecule has 2 aliphatic heterocycles. The Bertz CT molecular complexity index is 1020. The number of piperazine rings is 1. The van der Waals surface area contributed by atoms with E-state index in [9.17, 15) is 13.6 Å². The Morgan fingerprint density at radius 2 is 1.86 bits per heavy atom. The highest BCUT2D eigenvalue weighted by molar-refractivity contribution is 5.91. The van der Waals surface area contributed by atoms with Crippen molar-refractivity contribution in [3.05, 3.63) is 59.7 Å². The maximum atomic E-state index is 13.8. The summed E-state index contributed by atoms with van der Waals surface area (Å²) >= 11 is 0. The lowest BCUT2D eigenvalue weighted by atomic mass is 10.1. The molecule has 8 heteroatoms. The third-order valence-corrected chi connectivity index (χ3v) is 6.59. The Morgan fingerprint density at radius 3 is 2.57 bits per heavy atom. The number of anilines is 1. The van der Waals surface area contributed by atoms with Crippen LogP contribution < -0.4 is 10.6 Å². The number of likely N-dealkylation sites (tertiary alicyclic amines) is 1. The number of carbonyl (C=O) groups is 1. The van der Waals surface area contributed by atoms with Crippen molar-refractivity contribution in [3.63, 3.8) is 0 Å². The first-order chi connectivity index (χ1) is 17.0. The molecular formula is C27H35F2N5O. The molecule has 2 aromatic rings. The number of nitrogens with one attached hydrogen (secondary N) is 2. The number of benzene rings is 2. The van der Waals surface area contributed by atoms with Gasteiger partial charge in [0.25, 0.3) is 0 Å². The molecule has 4 rings (SSSR count). The molecule has 188 valence electrons. The van der Waals surface area contributed by atoms with Crippen LogP contribution in [0.4, 0.5) is 20.2 Å². The van der Waals surface area contributed by atoms with Gasteiger partial charge in [-0.3, -0.25) is 9.69 Å². The van der Waals surface area contributed by atoms with Gasteiger partial charge < -0.3 is 15.5 Å². The van der Waals surface area contributed by atoms with Crippen molar-refractivity contribution in [2.45, 2.75) is 45.1 Å². The fraction of sp³-hybridized carbons (Fsp3) is 0.481. The quantitative estimate of drug-likeness (QED) is 0.454. The fourth-order valence-corrected chi connectivity index (χ4v) is 4.65. The smallest absolute Gasteiger partial charge is 0.224 e. The van der Waals surface area contributed by atoms with Crippen LogP contribution in [-0.4, -0.2) is 66.9 Å². The van der Waals surface area contributed by atoms with E-state index in [1.165, 1.54) is 31.4 Å². The molecule has 0 spiro atoms. The zero-order chi connectivity index (χ0) is 24.6. The van der Waals surface area contributed by atoms with Crippen LogP contribution in [0.25, 0.3) is 0 Å². The largest absolute Gasteiger partial charge is 0.356 e. The highest BCUT2D eigenvalue weighted by Gasteiger charge is 2.22. The first kappa shape index (κ1) is 25.3. The lowest BCUT2D eigenvalue weighted by Crippen LogP contribution is -2.53. The molecule has 1 atom stereocenters. The molecule has 0 aromatic heterocycles. The van der Waals surface area contributed by atoms with E-state index in [4.69, 9.17) is 4.99 Å². The molecule has 2 saturated heterocycles.